The lowest BCUT2D eigenvalue weighted by atomic mass is 9.64. The second kappa shape index (κ2) is 4.65. The van der Waals surface area contributed by atoms with Crippen molar-refractivity contribution in [2.75, 3.05) is 14.2 Å². The van der Waals surface area contributed by atoms with Crippen LogP contribution in [0.1, 0.15) is 31.9 Å². The van der Waals surface area contributed by atoms with Crippen LogP contribution in [-0.4, -0.2) is 20.0 Å². The topological polar surface area (TPSA) is 35.5 Å². The van der Waals surface area contributed by atoms with E-state index in [1.807, 2.05) is 32.9 Å². The number of benzene rings is 1. The summed E-state index contributed by atoms with van der Waals surface area (Å²) >= 11 is 0. The monoisotopic (exact) mass is 274 g/mol. The molecule has 1 aromatic carbocycles. The Bertz CT molecular complexity index is 584. The molecule has 0 unspecified atom stereocenters. The van der Waals surface area contributed by atoms with E-state index >= 15 is 0 Å². The van der Waals surface area contributed by atoms with Crippen molar-refractivity contribution < 1.29 is 14.3 Å². The average Bonchev–Trinajstić information content (AvgIpc) is 2.62. The number of allylic oxidation sites excluding steroid dienone is 2. The van der Waals surface area contributed by atoms with Crippen LogP contribution in [0.4, 0.5) is 0 Å². The summed E-state index contributed by atoms with van der Waals surface area (Å²) in [5.41, 5.74) is 1.17. The van der Waals surface area contributed by atoms with Gasteiger partial charge in [0.15, 0.2) is 17.3 Å². The molecule has 20 heavy (non-hydrogen) atoms. The third-order valence-electron chi connectivity index (χ3n) is 4.67. The van der Waals surface area contributed by atoms with Gasteiger partial charge in [-0.05, 0) is 24.6 Å². The third kappa shape index (κ3) is 1.84. The quantitative estimate of drug-likeness (QED) is 0.847. The van der Waals surface area contributed by atoms with E-state index in [-0.39, 0.29) is 5.78 Å². The number of rotatable bonds is 3. The minimum atomic E-state index is -0.501. The second-order valence-electron chi connectivity index (χ2n) is 6.07. The van der Waals surface area contributed by atoms with Gasteiger partial charge in [-0.15, -0.1) is 0 Å². The van der Waals surface area contributed by atoms with E-state index in [9.17, 15) is 4.79 Å². The van der Waals surface area contributed by atoms with Crippen molar-refractivity contribution in [2.45, 2.75) is 33.1 Å². The van der Waals surface area contributed by atoms with Crippen LogP contribution in [-0.2, 0) is 10.2 Å². The Kier molecular flexibility index (Phi) is 3.41. The van der Waals surface area contributed by atoms with Gasteiger partial charge in [0.05, 0.1) is 14.2 Å². The molecule has 0 N–H and O–H groups in total. The molecule has 0 aromatic heterocycles. The Morgan fingerprint density at radius 3 is 2.15 bits per heavy atom. The van der Waals surface area contributed by atoms with Gasteiger partial charge in [0.25, 0.3) is 0 Å². The molecule has 0 aliphatic heterocycles. The van der Waals surface area contributed by atoms with Gasteiger partial charge in [0, 0.05) is 16.4 Å². The van der Waals surface area contributed by atoms with Crippen LogP contribution in [0.2, 0.25) is 0 Å². The zero-order chi connectivity index (χ0) is 15.1. The molecular formula is C17H22O3. The molecule has 0 heterocycles. The summed E-state index contributed by atoms with van der Waals surface area (Å²) in [7, 11) is 3.26. The Morgan fingerprint density at radius 2 is 1.70 bits per heavy atom. The molecule has 0 radical (unpaired) electrons. The predicted molar refractivity (Wildman–Crippen MR) is 79.6 cm³/mol. The van der Waals surface area contributed by atoms with Gasteiger partial charge in [0.2, 0.25) is 0 Å². The summed E-state index contributed by atoms with van der Waals surface area (Å²) in [6.45, 7) is 8.04. The SMILES string of the molecule is COc1cc(C)cc([C@@]2(C)C=CC(=O)C2(C)C)c1OC. The van der Waals surface area contributed by atoms with Crippen molar-refractivity contribution in [3.8, 4) is 11.5 Å². The fourth-order valence-corrected chi connectivity index (χ4v) is 2.83. The fourth-order valence-electron chi connectivity index (χ4n) is 2.83. The Morgan fingerprint density at radius 1 is 1.05 bits per heavy atom. The minimum absolute atomic E-state index is 0.141. The summed E-state index contributed by atoms with van der Waals surface area (Å²) in [5.74, 6) is 1.54. The van der Waals surface area contributed by atoms with Crippen LogP contribution in [0.15, 0.2) is 24.3 Å². The number of ketones is 1. The van der Waals surface area contributed by atoms with E-state index in [0.29, 0.717) is 11.5 Å². The molecule has 0 saturated heterocycles. The number of hydrogen-bond acceptors (Lipinski definition) is 3. The lowest BCUT2D eigenvalue weighted by Gasteiger charge is -2.38. The molecule has 1 aliphatic rings. The van der Waals surface area contributed by atoms with Crippen LogP contribution in [0.5, 0.6) is 11.5 Å². The van der Waals surface area contributed by atoms with Crippen molar-refractivity contribution in [1.82, 2.24) is 0 Å². The van der Waals surface area contributed by atoms with Gasteiger partial charge in [0.1, 0.15) is 0 Å². The van der Waals surface area contributed by atoms with E-state index in [2.05, 4.69) is 13.0 Å². The molecular weight excluding hydrogens is 252 g/mol. The van der Waals surface area contributed by atoms with Gasteiger partial charge in [-0.1, -0.05) is 32.9 Å². The molecule has 3 heteroatoms. The number of methoxy groups -OCH3 is 2. The average molecular weight is 274 g/mol. The lowest BCUT2D eigenvalue weighted by Crippen LogP contribution is -2.39. The van der Waals surface area contributed by atoms with Crippen molar-refractivity contribution in [1.29, 1.82) is 0 Å². The maximum Gasteiger partial charge on any atom is 0.164 e. The highest BCUT2D eigenvalue weighted by Gasteiger charge is 2.50. The van der Waals surface area contributed by atoms with Crippen LogP contribution in [0.3, 0.4) is 0 Å². The van der Waals surface area contributed by atoms with E-state index in [1.165, 1.54) is 0 Å². The standard InChI is InChI=1S/C17H22O3/c1-11-9-12(15(20-6)13(10-11)19-5)17(4)8-7-14(18)16(17,2)3/h7-10H,1-6H3/t17-/m1/s1. The third-order valence-corrected chi connectivity index (χ3v) is 4.67. The first-order valence-electron chi connectivity index (χ1n) is 6.74. The zero-order valence-electron chi connectivity index (χ0n) is 13.0. The van der Waals surface area contributed by atoms with Crippen molar-refractivity contribution >= 4 is 5.78 Å². The summed E-state index contributed by atoms with van der Waals surface area (Å²) in [6.07, 6.45) is 3.65. The predicted octanol–water partition coefficient (Wildman–Crippen LogP) is 3.44. The Hall–Kier alpha value is -1.77. The molecule has 0 fully saturated rings. The molecule has 1 aliphatic carbocycles. The van der Waals surface area contributed by atoms with Crippen molar-refractivity contribution in [2.24, 2.45) is 5.41 Å². The van der Waals surface area contributed by atoms with E-state index < -0.39 is 10.8 Å². The van der Waals surface area contributed by atoms with Gasteiger partial charge >= 0.3 is 0 Å². The van der Waals surface area contributed by atoms with Crippen LogP contribution in [0, 0.1) is 12.3 Å². The first kappa shape index (κ1) is 14.6. The number of ether oxygens (including phenoxy) is 2. The first-order chi connectivity index (χ1) is 9.27. The van der Waals surface area contributed by atoms with Gasteiger partial charge < -0.3 is 9.47 Å². The fraction of sp³-hybridized carbons (Fsp3) is 0.471. The van der Waals surface area contributed by atoms with Gasteiger partial charge in [-0.25, -0.2) is 0 Å². The van der Waals surface area contributed by atoms with Crippen molar-refractivity contribution in [3.63, 3.8) is 0 Å². The van der Waals surface area contributed by atoms with E-state index in [1.54, 1.807) is 20.3 Å². The number of carbonyl (C=O) groups excluding carboxylic acids is 1. The highest BCUT2D eigenvalue weighted by atomic mass is 16.5. The maximum atomic E-state index is 12.2. The molecule has 0 bridgehead atoms. The van der Waals surface area contributed by atoms with Crippen molar-refractivity contribution in [3.05, 3.63) is 35.4 Å². The molecule has 0 amide bonds. The largest absolute Gasteiger partial charge is 0.493 e. The normalized spacial score (nSPS) is 24.0. The van der Waals surface area contributed by atoms with Crippen LogP contribution >= 0.6 is 0 Å². The van der Waals surface area contributed by atoms with Gasteiger partial charge in [-0.2, -0.15) is 0 Å². The molecule has 108 valence electrons. The summed E-state index contributed by atoms with van der Waals surface area (Å²) in [4.78, 5) is 12.2. The van der Waals surface area contributed by atoms with E-state index in [4.69, 9.17) is 9.47 Å². The smallest absolute Gasteiger partial charge is 0.164 e. The highest BCUT2D eigenvalue weighted by molar-refractivity contribution is 5.99. The number of aryl methyl sites for hydroxylation is 1. The minimum Gasteiger partial charge on any atom is -0.493 e. The number of carbonyl (C=O) groups is 1. The summed E-state index contributed by atoms with van der Waals surface area (Å²) in [6, 6.07) is 4.02. The molecule has 0 saturated carbocycles. The summed E-state index contributed by atoms with van der Waals surface area (Å²) < 4.78 is 11.0. The van der Waals surface area contributed by atoms with Gasteiger partial charge in [-0.3, -0.25) is 4.79 Å². The molecule has 3 nitrogen and oxygen atoms in total. The molecule has 1 aromatic rings. The highest BCUT2D eigenvalue weighted by Crippen LogP contribution is 2.52. The molecule has 0 spiro atoms. The first-order valence-corrected chi connectivity index (χ1v) is 6.74. The Labute approximate surface area is 120 Å². The van der Waals surface area contributed by atoms with Crippen LogP contribution < -0.4 is 9.47 Å². The lowest BCUT2D eigenvalue weighted by molar-refractivity contribution is -0.123. The number of hydrogen-bond donors (Lipinski definition) is 0. The Balaban J connectivity index is 2.72. The van der Waals surface area contributed by atoms with Crippen LogP contribution in [0.25, 0.3) is 0 Å². The van der Waals surface area contributed by atoms with E-state index in [0.717, 1.165) is 11.1 Å². The second-order valence-corrected chi connectivity index (χ2v) is 6.07. The molecule has 1 atom stereocenters. The summed E-state index contributed by atoms with van der Waals surface area (Å²) in [5, 5.41) is 0. The molecule has 2 rings (SSSR count). The maximum absolute atomic E-state index is 12.2. The zero-order valence-corrected chi connectivity index (χ0v) is 13.0.